The predicted molar refractivity (Wildman–Crippen MR) is 79.2 cm³/mol. The summed E-state index contributed by atoms with van der Waals surface area (Å²) in [5, 5.41) is 1.39. The first-order valence-corrected chi connectivity index (χ1v) is 7.60. The summed E-state index contributed by atoms with van der Waals surface area (Å²) in [5.41, 5.74) is 2.78. The average Bonchev–Trinajstić information content (AvgIpc) is 2.55. The molecule has 0 bridgehead atoms. The summed E-state index contributed by atoms with van der Waals surface area (Å²) in [6.45, 7) is 0. The fourth-order valence-electron chi connectivity index (χ4n) is 1.68. The van der Waals surface area contributed by atoms with Crippen LogP contribution in [-0.2, 0) is 0 Å². The number of allylic oxidation sites excluding steroid dienone is 1. The molecular weight excluding hydrogens is 400 g/mol. The van der Waals surface area contributed by atoms with Crippen LogP contribution in [0.5, 0.6) is 0 Å². The van der Waals surface area contributed by atoms with Crippen molar-refractivity contribution in [3.05, 3.63) is 39.6 Å². The highest BCUT2D eigenvalue weighted by molar-refractivity contribution is 14.2. The molecule has 14 heavy (non-hydrogen) atoms. The molecule has 1 aliphatic heterocycles. The molecule has 0 fully saturated rings. The minimum atomic E-state index is 0.0688. The lowest BCUT2D eigenvalue weighted by Gasteiger charge is -1.98. The van der Waals surface area contributed by atoms with Gasteiger partial charge in [-0.2, -0.15) is 0 Å². The number of benzene rings is 1. The molecule has 1 aromatic heterocycles. The monoisotopic (exact) mass is 407 g/mol. The Morgan fingerprint density at radius 1 is 1.21 bits per heavy atom. The van der Waals surface area contributed by atoms with Gasteiger partial charge in [0.2, 0.25) is 0 Å². The van der Waals surface area contributed by atoms with E-state index in [4.69, 9.17) is 0 Å². The van der Waals surface area contributed by atoms with Crippen LogP contribution in [0.4, 0.5) is 0 Å². The molecule has 1 aliphatic rings. The largest absolute Gasteiger partial charge is 0.276 e. The maximum Gasteiger partial charge on any atom is 0.0919 e. The number of fused-ring (bicyclic) bond motifs is 3. The molecule has 1 aromatic carbocycles. The first-order chi connectivity index (χ1) is 6.88. The third-order valence-electron chi connectivity index (χ3n) is 2.30. The van der Waals surface area contributed by atoms with Gasteiger partial charge in [-0.1, -0.05) is 51.1 Å². The van der Waals surface area contributed by atoms with E-state index in [1.54, 1.807) is 0 Å². The van der Waals surface area contributed by atoms with Crippen LogP contribution in [-0.4, -0.2) is 6.79 Å². The van der Waals surface area contributed by atoms with Crippen LogP contribution in [0.15, 0.2) is 30.3 Å². The highest BCUT2D eigenvalue weighted by atomic mass is 127. The van der Waals surface area contributed by atoms with E-state index in [-0.39, 0.29) is 20.7 Å². The molecule has 3 heteroatoms. The molecule has 0 unspecified atom stereocenters. The van der Waals surface area contributed by atoms with Gasteiger partial charge in [0.1, 0.15) is 0 Å². The molecule has 3 rings (SSSR count). The van der Waals surface area contributed by atoms with Crippen molar-refractivity contribution in [3.63, 3.8) is 0 Å². The zero-order valence-electron chi connectivity index (χ0n) is 7.24. The molecule has 0 atom stereocenters. The van der Waals surface area contributed by atoms with Crippen molar-refractivity contribution in [2.75, 3.05) is 0 Å². The van der Waals surface area contributed by atoms with Gasteiger partial charge in [0.05, 0.1) is 32.1 Å². The van der Waals surface area contributed by atoms with Crippen LogP contribution in [0.1, 0.15) is 5.56 Å². The Kier molecular flexibility index (Phi) is 2.24. The van der Waals surface area contributed by atoms with E-state index >= 15 is 0 Å². The van der Waals surface area contributed by atoms with E-state index in [1.807, 2.05) is 0 Å². The Morgan fingerprint density at radius 3 is 3.00 bits per heavy atom. The standard InChI is InChI=1S/C11H7I2N/c12-14-10-6-2-1-4-8(10)9-5-3-7-13-11(9)14/h1-7H. The minimum Gasteiger partial charge on any atom is -0.276 e. The lowest BCUT2D eigenvalue weighted by Crippen LogP contribution is -1.85. The lowest BCUT2D eigenvalue weighted by atomic mass is 10.2. The zero-order valence-corrected chi connectivity index (χ0v) is 11.6. The third kappa shape index (κ3) is 1.21. The summed E-state index contributed by atoms with van der Waals surface area (Å²) in [7, 11) is 0. The molecule has 0 saturated carbocycles. The molecule has 2 aromatic rings. The van der Waals surface area contributed by atoms with E-state index in [0.29, 0.717) is 0 Å². The number of hydrogen-bond donors (Lipinski definition) is 0. The van der Waals surface area contributed by atoms with Crippen molar-refractivity contribution in [2.45, 2.75) is 0 Å². The number of hydrogen-bond acceptors (Lipinski definition) is 0. The van der Waals surface area contributed by atoms with Crippen LogP contribution in [0.3, 0.4) is 0 Å². The second-order valence-electron chi connectivity index (χ2n) is 3.10. The van der Waals surface area contributed by atoms with Gasteiger partial charge in [-0.15, -0.1) is 0 Å². The van der Waals surface area contributed by atoms with Crippen LogP contribution < -0.4 is 0 Å². The average molecular weight is 407 g/mol. The van der Waals surface area contributed by atoms with Gasteiger partial charge < -0.3 is 0 Å². The summed E-state index contributed by atoms with van der Waals surface area (Å²) in [5.74, 6) is 0. The Balaban J connectivity index is 2.54. The number of nitrogens with zero attached hydrogens (tertiary/aromatic N) is 1. The van der Waals surface area contributed by atoms with E-state index in [9.17, 15) is 0 Å². The topological polar surface area (TPSA) is 4.93 Å². The van der Waals surface area contributed by atoms with Crippen molar-refractivity contribution in [1.29, 1.82) is 0 Å². The Morgan fingerprint density at radius 2 is 2.07 bits per heavy atom. The van der Waals surface area contributed by atoms with Gasteiger partial charge in [-0.25, -0.2) is 0 Å². The molecular formula is C11H7I2N. The summed E-state index contributed by atoms with van der Waals surface area (Å²) in [4.78, 5) is 0. The van der Waals surface area contributed by atoms with Crippen molar-refractivity contribution < 1.29 is 0 Å². The minimum absolute atomic E-state index is 0.0688. The second-order valence-corrected chi connectivity index (χ2v) is 6.43. The normalized spacial score (nSPS) is 14.1. The Bertz CT molecular complexity index is 564. The third-order valence-corrected chi connectivity index (χ3v) is 6.66. The number of rotatable bonds is 0. The van der Waals surface area contributed by atoms with Gasteiger partial charge in [0.15, 0.2) is 0 Å². The maximum absolute atomic E-state index is 2.41. The van der Waals surface area contributed by atoms with Gasteiger partial charge in [0.25, 0.3) is 0 Å². The highest BCUT2D eigenvalue weighted by Crippen LogP contribution is 2.33. The van der Waals surface area contributed by atoms with E-state index in [1.165, 1.54) is 20.2 Å². The fourth-order valence-corrected chi connectivity index (χ4v) is 5.14. The van der Waals surface area contributed by atoms with Crippen molar-refractivity contribution >= 4 is 64.6 Å². The van der Waals surface area contributed by atoms with Crippen LogP contribution >= 0.6 is 43.6 Å². The van der Waals surface area contributed by atoms with Crippen LogP contribution in [0, 0.1) is 3.70 Å². The van der Waals surface area contributed by atoms with Gasteiger partial charge in [-0.05, 0) is 10.1 Å². The Hall–Kier alpha value is -0.170. The summed E-state index contributed by atoms with van der Waals surface area (Å²) >= 11 is 2.48. The van der Waals surface area contributed by atoms with Crippen LogP contribution in [0.25, 0.3) is 17.0 Å². The number of aromatic nitrogens is 1. The van der Waals surface area contributed by atoms with Gasteiger partial charge in [-0.3, -0.25) is 2.78 Å². The molecule has 0 N–H and O–H groups in total. The number of halogens is 2. The Labute approximate surface area is 106 Å². The smallest absolute Gasteiger partial charge is 0.0919 e. The first-order valence-electron chi connectivity index (χ1n) is 4.31. The maximum atomic E-state index is 2.41. The predicted octanol–water partition coefficient (Wildman–Crippen LogP) is 3.81. The summed E-state index contributed by atoms with van der Waals surface area (Å²) < 4.78 is 6.15. The first kappa shape index (κ1) is 9.08. The zero-order chi connectivity index (χ0) is 9.54. The fraction of sp³-hybridized carbons (Fsp3) is 0. The summed E-state index contributed by atoms with van der Waals surface area (Å²) in [6, 6.07) is 8.62. The molecule has 0 amide bonds. The quantitative estimate of drug-likeness (QED) is 0.586. The SMILES string of the molecule is In1c2c(c3ccccc31)C=CC=I2. The molecule has 2 heterocycles. The van der Waals surface area contributed by atoms with E-state index in [2.05, 4.69) is 66.1 Å². The summed E-state index contributed by atoms with van der Waals surface area (Å²) in [6.07, 6.45) is 4.43. The van der Waals surface area contributed by atoms with E-state index < -0.39 is 0 Å². The van der Waals surface area contributed by atoms with Crippen molar-refractivity contribution in [3.8, 4) is 0 Å². The molecule has 0 spiro atoms. The van der Waals surface area contributed by atoms with E-state index in [0.717, 1.165) is 0 Å². The van der Waals surface area contributed by atoms with Crippen molar-refractivity contribution in [1.82, 2.24) is 2.78 Å². The molecule has 0 aliphatic carbocycles. The molecule has 0 saturated heterocycles. The molecule has 0 radical (unpaired) electrons. The highest BCUT2D eigenvalue weighted by Gasteiger charge is 2.12. The van der Waals surface area contributed by atoms with Gasteiger partial charge >= 0.3 is 0 Å². The lowest BCUT2D eigenvalue weighted by molar-refractivity contribution is 1.35. The van der Waals surface area contributed by atoms with Crippen LogP contribution in [0.2, 0.25) is 0 Å². The molecule has 1 nitrogen and oxygen atoms in total. The number of para-hydroxylation sites is 1. The van der Waals surface area contributed by atoms with Gasteiger partial charge in [0, 0.05) is 10.9 Å². The second kappa shape index (κ2) is 3.44. The molecule has 70 valence electrons. The van der Waals surface area contributed by atoms with Crippen molar-refractivity contribution in [2.24, 2.45) is 0 Å².